The van der Waals surface area contributed by atoms with Gasteiger partial charge < -0.3 is 0 Å². The molecule has 0 aromatic heterocycles. The summed E-state index contributed by atoms with van der Waals surface area (Å²) in [6.07, 6.45) is 0. The Morgan fingerprint density at radius 1 is 1.50 bits per heavy atom. The molecule has 0 aliphatic rings. The Morgan fingerprint density at radius 3 is 2.83 bits per heavy atom. The average Bonchev–Trinajstić information content (AvgIpc) is 2.07. The third-order valence-electron chi connectivity index (χ3n) is 1.49. The molecule has 0 atom stereocenters. The van der Waals surface area contributed by atoms with Gasteiger partial charge in [0.25, 0.3) is 0 Å². The van der Waals surface area contributed by atoms with E-state index in [1.165, 1.54) is 6.07 Å². The molecule has 3 heteroatoms. The molecule has 0 saturated heterocycles. The van der Waals surface area contributed by atoms with E-state index in [9.17, 15) is 4.39 Å². The van der Waals surface area contributed by atoms with Gasteiger partial charge in [0.2, 0.25) is 0 Å². The Morgan fingerprint density at radius 2 is 2.25 bits per heavy atom. The van der Waals surface area contributed by atoms with Gasteiger partial charge in [-0.15, -0.1) is 11.8 Å². The van der Waals surface area contributed by atoms with Gasteiger partial charge in [0.15, 0.2) is 0 Å². The molecule has 0 spiro atoms. The van der Waals surface area contributed by atoms with E-state index in [1.54, 1.807) is 24.8 Å². The molecule has 0 saturated carbocycles. The number of thioether (sulfide) groups is 1. The molecule has 0 aliphatic heterocycles. The smallest absolute Gasteiger partial charge is 0.126 e. The first kappa shape index (κ1) is 9.93. The highest BCUT2D eigenvalue weighted by molar-refractivity contribution is 8.00. The van der Waals surface area contributed by atoms with Crippen molar-refractivity contribution in [2.45, 2.75) is 11.8 Å². The summed E-state index contributed by atoms with van der Waals surface area (Å²) in [5, 5.41) is 0. The molecule has 0 nitrogen and oxygen atoms in total. The Bertz CT molecular complexity index is 261. The van der Waals surface area contributed by atoms with Crippen molar-refractivity contribution < 1.29 is 4.39 Å². The predicted octanol–water partition coefficient (Wildman–Crippen LogP) is 3.16. The molecule has 0 N–H and O–H groups in total. The molecule has 0 aliphatic carbocycles. The highest BCUT2D eigenvalue weighted by Gasteiger charge is 1.98. The fraction of sp³-hybridized carbons (Fsp3) is 0.333. The second kappa shape index (κ2) is 4.77. The van der Waals surface area contributed by atoms with Gasteiger partial charge in [-0.1, -0.05) is 0 Å². The maximum atomic E-state index is 12.8. The zero-order valence-electron chi connectivity index (χ0n) is 6.88. The van der Waals surface area contributed by atoms with E-state index in [0.29, 0.717) is 5.56 Å². The van der Waals surface area contributed by atoms with E-state index < -0.39 is 0 Å². The lowest BCUT2D eigenvalue weighted by atomic mass is 10.2. The van der Waals surface area contributed by atoms with Crippen molar-refractivity contribution in [2.24, 2.45) is 0 Å². The van der Waals surface area contributed by atoms with E-state index in [1.807, 2.05) is 6.07 Å². The van der Waals surface area contributed by atoms with Gasteiger partial charge in [-0.05, 0) is 36.4 Å². The zero-order valence-corrected chi connectivity index (χ0v) is 8.59. The van der Waals surface area contributed by atoms with Gasteiger partial charge in [-0.3, -0.25) is 0 Å². The first-order valence-electron chi connectivity index (χ1n) is 3.74. The third-order valence-corrected chi connectivity index (χ3v) is 3.01. The molecule has 1 rings (SSSR count). The van der Waals surface area contributed by atoms with Crippen molar-refractivity contribution in [3.8, 4) is 0 Å². The largest absolute Gasteiger partial charge is 0.207 e. The second-order valence-corrected chi connectivity index (χ2v) is 4.10. The minimum atomic E-state index is -0.134. The van der Waals surface area contributed by atoms with Crippen molar-refractivity contribution in [1.82, 2.24) is 0 Å². The van der Waals surface area contributed by atoms with Crippen LogP contribution in [-0.2, 0) is 0 Å². The topological polar surface area (TPSA) is 0 Å². The standard InChI is InChI=1S/C9H11FS2/c1-7-6-8(12-5-4-11)2-3-9(7)10/h2-3,6,11H,4-5H2,1H3. The van der Waals surface area contributed by atoms with Gasteiger partial charge in [-0.25, -0.2) is 4.39 Å². The summed E-state index contributed by atoms with van der Waals surface area (Å²) >= 11 is 5.80. The van der Waals surface area contributed by atoms with E-state index in [-0.39, 0.29) is 5.82 Å². The summed E-state index contributed by atoms with van der Waals surface area (Å²) in [4.78, 5) is 1.11. The van der Waals surface area contributed by atoms with E-state index in [0.717, 1.165) is 16.4 Å². The number of thiol groups is 1. The maximum Gasteiger partial charge on any atom is 0.126 e. The summed E-state index contributed by atoms with van der Waals surface area (Å²) in [7, 11) is 0. The van der Waals surface area contributed by atoms with Gasteiger partial charge in [0.05, 0.1) is 0 Å². The SMILES string of the molecule is Cc1cc(SCCS)ccc1F. The first-order chi connectivity index (χ1) is 5.74. The van der Waals surface area contributed by atoms with E-state index in [4.69, 9.17) is 0 Å². The Hall–Kier alpha value is -0.150. The molecule has 0 amide bonds. The fourth-order valence-electron chi connectivity index (χ4n) is 0.870. The van der Waals surface area contributed by atoms with Crippen LogP contribution >= 0.6 is 24.4 Å². The maximum absolute atomic E-state index is 12.8. The third kappa shape index (κ3) is 2.72. The van der Waals surface area contributed by atoms with Gasteiger partial charge in [-0.2, -0.15) is 12.6 Å². The lowest BCUT2D eigenvalue weighted by molar-refractivity contribution is 0.617. The number of hydrogen-bond acceptors (Lipinski definition) is 2. The molecule has 1 aromatic carbocycles. The second-order valence-electron chi connectivity index (χ2n) is 2.48. The van der Waals surface area contributed by atoms with Crippen LogP contribution in [0, 0.1) is 12.7 Å². The molecule has 0 unspecified atom stereocenters. The quantitative estimate of drug-likeness (QED) is 0.580. The van der Waals surface area contributed by atoms with Crippen molar-refractivity contribution in [3.63, 3.8) is 0 Å². The molecule has 0 bridgehead atoms. The zero-order chi connectivity index (χ0) is 8.97. The van der Waals surface area contributed by atoms with Crippen LogP contribution in [0.4, 0.5) is 4.39 Å². The average molecular weight is 202 g/mol. The number of aryl methyl sites for hydroxylation is 1. The highest BCUT2D eigenvalue weighted by Crippen LogP contribution is 2.20. The highest BCUT2D eigenvalue weighted by atomic mass is 32.2. The Kier molecular flexibility index (Phi) is 3.95. The number of halogens is 1. The lowest BCUT2D eigenvalue weighted by Gasteiger charge is -2.01. The van der Waals surface area contributed by atoms with Crippen LogP contribution in [0.2, 0.25) is 0 Å². The van der Waals surface area contributed by atoms with Crippen LogP contribution in [0.25, 0.3) is 0 Å². The first-order valence-corrected chi connectivity index (χ1v) is 5.35. The minimum Gasteiger partial charge on any atom is -0.207 e. The Balaban J connectivity index is 2.69. The Labute approximate surface area is 82.0 Å². The van der Waals surface area contributed by atoms with Gasteiger partial charge in [0.1, 0.15) is 5.82 Å². The molecule has 1 aromatic rings. The normalized spacial score (nSPS) is 10.2. The van der Waals surface area contributed by atoms with Crippen LogP contribution in [0.3, 0.4) is 0 Å². The van der Waals surface area contributed by atoms with Crippen molar-refractivity contribution in [2.75, 3.05) is 11.5 Å². The van der Waals surface area contributed by atoms with Crippen molar-refractivity contribution in [1.29, 1.82) is 0 Å². The lowest BCUT2D eigenvalue weighted by Crippen LogP contribution is -1.84. The molecular weight excluding hydrogens is 191 g/mol. The van der Waals surface area contributed by atoms with Crippen LogP contribution in [0.1, 0.15) is 5.56 Å². The summed E-state index contributed by atoms with van der Waals surface area (Å²) in [5.41, 5.74) is 0.708. The molecule has 66 valence electrons. The van der Waals surface area contributed by atoms with Crippen molar-refractivity contribution >= 4 is 24.4 Å². The van der Waals surface area contributed by atoms with Crippen LogP contribution in [-0.4, -0.2) is 11.5 Å². The molecule has 0 fully saturated rings. The molecule has 12 heavy (non-hydrogen) atoms. The number of rotatable bonds is 3. The van der Waals surface area contributed by atoms with Crippen LogP contribution < -0.4 is 0 Å². The summed E-state index contributed by atoms with van der Waals surface area (Å²) in [6.45, 7) is 1.78. The van der Waals surface area contributed by atoms with Crippen LogP contribution in [0.15, 0.2) is 23.1 Å². The molecule has 0 radical (unpaired) electrons. The van der Waals surface area contributed by atoms with E-state index in [2.05, 4.69) is 12.6 Å². The monoisotopic (exact) mass is 202 g/mol. The molecule has 0 heterocycles. The summed E-state index contributed by atoms with van der Waals surface area (Å²) in [5.74, 6) is 1.68. The summed E-state index contributed by atoms with van der Waals surface area (Å²) in [6, 6.07) is 5.18. The minimum absolute atomic E-state index is 0.134. The van der Waals surface area contributed by atoms with Crippen molar-refractivity contribution in [3.05, 3.63) is 29.6 Å². The van der Waals surface area contributed by atoms with Gasteiger partial charge in [0, 0.05) is 10.6 Å². The van der Waals surface area contributed by atoms with Gasteiger partial charge >= 0.3 is 0 Å². The van der Waals surface area contributed by atoms with E-state index >= 15 is 0 Å². The summed E-state index contributed by atoms with van der Waals surface area (Å²) < 4.78 is 12.8. The van der Waals surface area contributed by atoms with Crippen LogP contribution in [0.5, 0.6) is 0 Å². The molecular formula is C9H11FS2. The number of benzene rings is 1. The fourth-order valence-corrected chi connectivity index (χ4v) is 1.90. The predicted molar refractivity (Wildman–Crippen MR) is 55.7 cm³/mol. The number of hydrogen-bond donors (Lipinski definition) is 1.